The molecule has 26 N–H and O–H groups in total. The molecule has 0 spiro atoms. The molecule has 0 fully saturated rings. The molecule has 32 heteroatoms. The first-order chi connectivity index (χ1) is 44.5. The number of guanidine groups is 3. The van der Waals surface area contributed by atoms with Gasteiger partial charge >= 0.3 is 5.97 Å². The average Bonchev–Trinajstić information content (AvgIpc) is 1.60. The van der Waals surface area contributed by atoms with E-state index in [0.717, 1.165) is 25.7 Å². The van der Waals surface area contributed by atoms with E-state index >= 15 is 0 Å². The number of nitrogens with one attached hydrogen (secondary N) is 15. The lowest BCUT2D eigenvalue weighted by Crippen LogP contribution is -2.61. The fraction of sp³-hybridized carbons (Fsp3) is 0.689. The van der Waals surface area contributed by atoms with Crippen molar-refractivity contribution in [3.05, 3.63) is 35.9 Å². The van der Waals surface area contributed by atoms with E-state index in [9.17, 15) is 63.3 Å². The zero-order valence-electron chi connectivity index (χ0n) is 54.4. The van der Waals surface area contributed by atoms with Gasteiger partial charge in [-0.1, -0.05) is 114 Å². The largest absolute Gasteiger partial charge is 0.481 e. The lowest BCUT2D eigenvalue weighted by atomic mass is 10.0. The van der Waals surface area contributed by atoms with Crippen LogP contribution in [0.4, 0.5) is 0 Å². The molecule has 0 heterocycles. The van der Waals surface area contributed by atoms with Crippen LogP contribution in [0.15, 0.2) is 30.3 Å². The van der Waals surface area contributed by atoms with E-state index in [-0.39, 0.29) is 102 Å². The highest BCUT2D eigenvalue weighted by Crippen LogP contribution is 2.15. The Morgan fingerprint density at radius 2 is 0.742 bits per heavy atom. The highest BCUT2D eigenvalue weighted by Gasteiger charge is 2.35. The van der Waals surface area contributed by atoms with E-state index in [4.69, 9.17) is 39.2 Å². The Labute approximate surface area is 546 Å². The zero-order chi connectivity index (χ0) is 69.3. The maximum Gasteiger partial charge on any atom is 0.303 e. The molecule has 0 saturated heterocycles. The molecule has 0 aromatic heterocycles. The number of rotatable bonds is 53. The van der Waals surface area contributed by atoms with E-state index in [2.05, 4.69) is 70.7 Å². The van der Waals surface area contributed by atoms with Crippen LogP contribution in [-0.4, -0.2) is 187 Å². The molecule has 93 heavy (non-hydrogen) atoms. The van der Waals surface area contributed by atoms with Crippen molar-refractivity contribution in [2.45, 2.75) is 222 Å². The molecule has 0 aliphatic heterocycles. The number of likely N-dealkylation sites (N-methyl/N-ethyl adjacent to an activating group) is 1. The third-order valence-corrected chi connectivity index (χ3v) is 15.0. The highest BCUT2D eigenvalue weighted by atomic mass is 16.4. The summed E-state index contributed by atoms with van der Waals surface area (Å²) in [6, 6.07) is -3.14. The van der Waals surface area contributed by atoms with Crippen LogP contribution in [0.5, 0.6) is 0 Å². The van der Waals surface area contributed by atoms with Crippen molar-refractivity contribution in [2.24, 2.45) is 22.9 Å². The van der Waals surface area contributed by atoms with Gasteiger partial charge in [0.1, 0.15) is 48.3 Å². The zero-order valence-corrected chi connectivity index (χ0v) is 54.4. The molecule has 1 aromatic rings. The second-order valence-electron chi connectivity index (χ2n) is 22.9. The number of hydrogen-bond donors (Lipinski definition) is 22. The number of carbonyl (C=O) groups is 10. The van der Waals surface area contributed by atoms with Crippen molar-refractivity contribution in [1.29, 1.82) is 16.2 Å². The first kappa shape index (κ1) is 82.6. The fourth-order valence-corrected chi connectivity index (χ4v) is 9.79. The van der Waals surface area contributed by atoms with Crippen LogP contribution in [0.3, 0.4) is 0 Å². The number of benzene rings is 1. The van der Waals surface area contributed by atoms with Crippen LogP contribution in [0, 0.1) is 16.2 Å². The summed E-state index contributed by atoms with van der Waals surface area (Å²) in [7, 11) is 1.35. The molecule has 0 radical (unpaired) electrons. The number of carboxylic acids is 1. The Morgan fingerprint density at radius 1 is 0.409 bits per heavy atom. The first-order valence-corrected chi connectivity index (χ1v) is 32.5. The van der Waals surface area contributed by atoms with Crippen molar-refractivity contribution in [1.82, 2.24) is 63.8 Å². The predicted octanol–water partition coefficient (Wildman–Crippen LogP) is -1.90. The molecule has 0 aliphatic carbocycles. The third-order valence-electron chi connectivity index (χ3n) is 15.0. The smallest absolute Gasteiger partial charge is 0.303 e. The molecule has 9 amide bonds. The van der Waals surface area contributed by atoms with Crippen LogP contribution in [0.2, 0.25) is 0 Å². The highest BCUT2D eigenvalue weighted by molar-refractivity contribution is 5.98. The minimum atomic E-state index is -1.88. The first-order valence-electron chi connectivity index (χ1n) is 32.5. The molecule has 1 rings (SSSR count). The van der Waals surface area contributed by atoms with Gasteiger partial charge in [0.15, 0.2) is 17.9 Å². The van der Waals surface area contributed by atoms with Gasteiger partial charge in [0, 0.05) is 45.9 Å². The number of carbonyl (C=O) groups excluding carboxylic acids is 9. The lowest BCUT2D eigenvalue weighted by molar-refractivity contribution is -0.139. The van der Waals surface area contributed by atoms with E-state index in [1.165, 1.54) is 58.4 Å². The Morgan fingerprint density at radius 3 is 1.10 bits per heavy atom. The lowest BCUT2D eigenvalue weighted by Gasteiger charge is -2.27. The molecular weight excluding hydrogens is 1210 g/mol. The maximum absolute atomic E-state index is 14.2. The number of aliphatic hydroxyl groups is 2. The van der Waals surface area contributed by atoms with Crippen molar-refractivity contribution in [3.8, 4) is 0 Å². The molecule has 0 bridgehead atoms. The molecule has 0 unspecified atom stereocenters. The van der Waals surface area contributed by atoms with Gasteiger partial charge in [-0.15, -0.1) is 0 Å². The van der Waals surface area contributed by atoms with Gasteiger partial charge in [-0.25, -0.2) is 0 Å². The second kappa shape index (κ2) is 50.2. The van der Waals surface area contributed by atoms with Crippen LogP contribution in [0.1, 0.15) is 173 Å². The summed E-state index contributed by atoms with van der Waals surface area (Å²) in [5.74, 6) is -10.4. The quantitative estimate of drug-likeness (QED) is 0.0192. The van der Waals surface area contributed by atoms with Gasteiger partial charge in [0.05, 0.1) is 13.2 Å². The van der Waals surface area contributed by atoms with Gasteiger partial charge in [-0.3, -0.25) is 64.2 Å². The second-order valence-corrected chi connectivity index (χ2v) is 22.9. The van der Waals surface area contributed by atoms with E-state index in [1.54, 1.807) is 30.3 Å². The van der Waals surface area contributed by atoms with Crippen LogP contribution < -0.4 is 86.7 Å². The van der Waals surface area contributed by atoms with Gasteiger partial charge in [0.2, 0.25) is 53.2 Å². The third kappa shape index (κ3) is 38.9. The Kier molecular flexibility index (Phi) is 44.6. The standard InChI is InChI=1S/C61H109N19O13/c1-3-4-5-6-7-8-9-10-11-12-13-14-18-30-49(83)73-46(37-40-24-16-15-17-25-40)56(91)76-44(29-23-36-72-61(67)68)54(89)79-48(39-82)58(93)80-47(38-81)57(92)77-43(28-22-35-71-60(65)66)53(88)78-45(31-32-50(84)85)55(90)75-42(26-19-20-33-62)52(87)74-41(51(86)69-2)27-21-34-70-59(63)64/h15-17,24-25,41-48,81-82H,3-14,18-23,26-39,62H2,1-2H3,(H,69,86)(H,73,83)(H,74,87)(H,75,90)(H,76,91)(H,77,92)(H,78,88)(H,79,89)(H,80,93)(H,84,85)(H4,63,64,70)(H4,65,66,71)(H4,67,68,72)/t41-,42-,43-,44-,45-,46-,47-,48-/m0/s1. The van der Waals surface area contributed by atoms with Gasteiger partial charge < -0.3 is 102 Å². The summed E-state index contributed by atoms with van der Waals surface area (Å²) in [6.07, 6.45) is 14.5. The molecule has 0 saturated carbocycles. The van der Waals surface area contributed by atoms with Gasteiger partial charge in [0.25, 0.3) is 0 Å². The van der Waals surface area contributed by atoms with E-state index in [0.29, 0.717) is 24.8 Å². The molecule has 526 valence electrons. The summed E-state index contributed by atoms with van der Waals surface area (Å²) in [4.78, 5) is 136. The van der Waals surface area contributed by atoms with Crippen molar-refractivity contribution in [2.75, 3.05) is 46.4 Å². The Bertz CT molecular complexity index is 2460. The summed E-state index contributed by atoms with van der Waals surface area (Å²) in [5, 5.41) is 83.3. The van der Waals surface area contributed by atoms with Gasteiger partial charge in [-0.05, 0) is 82.7 Å². The van der Waals surface area contributed by atoms with E-state index in [1.807, 2.05) is 0 Å². The Balaban J connectivity index is 3.38. The molecule has 1 aromatic carbocycles. The van der Waals surface area contributed by atoms with Crippen LogP contribution >= 0.6 is 0 Å². The van der Waals surface area contributed by atoms with Crippen molar-refractivity contribution in [3.63, 3.8) is 0 Å². The number of amides is 9. The summed E-state index contributed by atoms with van der Waals surface area (Å²) < 4.78 is 0. The fourth-order valence-electron chi connectivity index (χ4n) is 9.79. The summed E-state index contributed by atoms with van der Waals surface area (Å²) in [6.45, 7) is 0.502. The number of unbranched alkanes of at least 4 members (excludes halogenated alkanes) is 13. The van der Waals surface area contributed by atoms with E-state index < -0.39 is 134 Å². The van der Waals surface area contributed by atoms with Crippen LogP contribution in [-0.2, 0) is 54.4 Å². The monoisotopic (exact) mass is 1320 g/mol. The number of carboxylic acid groups (broad SMARTS) is 1. The summed E-state index contributed by atoms with van der Waals surface area (Å²) >= 11 is 0. The summed E-state index contributed by atoms with van der Waals surface area (Å²) in [5.41, 5.74) is 22.7. The van der Waals surface area contributed by atoms with Crippen molar-refractivity contribution < 1.29 is 63.3 Å². The minimum Gasteiger partial charge on any atom is -0.481 e. The Hall–Kier alpha value is -8.39. The minimum absolute atomic E-state index is 0.00907. The molecular formula is C61H109N19O13. The van der Waals surface area contributed by atoms with Gasteiger partial charge in [-0.2, -0.15) is 0 Å². The number of aliphatic hydroxyl groups excluding tert-OH is 2. The number of aliphatic carboxylic acids is 1. The normalized spacial score (nSPS) is 13.5. The average molecular weight is 1320 g/mol. The predicted molar refractivity (Wildman–Crippen MR) is 351 cm³/mol. The molecule has 0 aliphatic rings. The molecule has 32 nitrogen and oxygen atoms in total. The number of nitrogens with two attached hydrogens (primary N) is 4. The SMILES string of the molecule is CCCCCCCCCCCCCCCC(=O)N[C@@H](Cc1ccccc1)C(=O)N[C@@H](CCCNC(=N)N)C(=O)N[C@@H](CO)C(=O)N[C@@H](CO)C(=O)N[C@@H](CCCNC(=N)N)C(=O)N[C@@H](CCC(=O)O)C(=O)N[C@@H](CCCCN)C(=O)N[C@@H](CCCNC(=N)N)C(=O)NC. The molecule has 8 atom stereocenters. The number of hydrogen-bond acceptors (Lipinski definition) is 16. The van der Waals surface area contributed by atoms with Crippen molar-refractivity contribution >= 4 is 77.0 Å². The topological polar surface area (TPSA) is 551 Å². The maximum atomic E-state index is 14.2. The van der Waals surface area contributed by atoms with Crippen LogP contribution in [0.25, 0.3) is 0 Å².